The highest BCUT2D eigenvalue weighted by atomic mass is 19.1. The van der Waals surface area contributed by atoms with E-state index in [4.69, 9.17) is 9.47 Å². The standard InChI is InChI=1S/C24H28FN7O2/c1-3-34-20-12-7-17(15-21(20)33-2)16-26-31-23-28-22(27-19-10-8-18(25)9-11-19)29-24(30-23)32-13-5-4-6-14-32/h7-12,15-16H,3-6,13-14H2,1-2H3,(H2,27,28,29,30,31)/b26-16-. The van der Waals surface area contributed by atoms with Crippen molar-refractivity contribution < 1.29 is 13.9 Å². The fourth-order valence-corrected chi connectivity index (χ4v) is 3.57. The molecule has 0 aliphatic carbocycles. The largest absolute Gasteiger partial charge is 0.493 e. The normalized spacial score (nSPS) is 13.7. The molecule has 2 heterocycles. The summed E-state index contributed by atoms with van der Waals surface area (Å²) in [5, 5.41) is 7.40. The Kier molecular flexibility index (Phi) is 7.69. The van der Waals surface area contributed by atoms with Crippen molar-refractivity contribution in [3.8, 4) is 11.5 Å². The van der Waals surface area contributed by atoms with Crippen LogP contribution in [-0.4, -0.2) is 48.0 Å². The van der Waals surface area contributed by atoms with Crippen LogP contribution < -0.4 is 25.1 Å². The van der Waals surface area contributed by atoms with Crippen LogP contribution in [0.4, 0.5) is 27.9 Å². The Morgan fingerprint density at radius 1 is 1.00 bits per heavy atom. The minimum absolute atomic E-state index is 0.300. The summed E-state index contributed by atoms with van der Waals surface area (Å²) < 4.78 is 24.2. The highest BCUT2D eigenvalue weighted by Gasteiger charge is 2.16. The number of hydrogen-bond donors (Lipinski definition) is 2. The maximum absolute atomic E-state index is 13.3. The maximum Gasteiger partial charge on any atom is 0.250 e. The van der Waals surface area contributed by atoms with E-state index in [-0.39, 0.29) is 5.82 Å². The summed E-state index contributed by atoms with van der Waals surface area (Å²) in [6, 6.07) is 11.6. The fraction of sp³-hybridized carbons (Fsp3) is 0.333. The molecule has 0 unspecified atom stereocenters. The molecular weight excluding hydrogens is 437 g/mol. The molecule has 1 fully saturated rings. The topological polar surface area (TPSA) is 96.8 Å². The summed E-state index contributed by atoms with van der Waals surface area (Å²) >= 11 is 0. The third-order valence-electron chi connectivity index (χ3n) is 5.23. The van der Waals surface area contributed by atoms with Crippen molar-refractivity contribution in [3.05, 3.63) is 53.8 Å². The van der Waals surface area contributed by atoms with Gasteiger partial charge >= 0.3 is 0 Å². The molecule has 0 spiro atoms. The first-order chi connectivity index (χ1) is 16.6. The van der Waals surface area contributed by atoms with Crippen LogP contribution in [0.15, 0.2) is 47.6 Å². The molecule has 1 aromatic heterocycles. The monoisotopic (exact) mass is 465 g/mol. The zero-order valence-corrected chi connectivity index (χ0v) is 19.3. The van der Waals surface area contributed by atoms with Gasteiger partial charge in [-0.05, 0) is 74.2 Å². The first-order valence-corrected chi connectivity index (χ1v) is 11.3. The molecule has 178 valence electrons. The molecule has 4 rings (SSSR count). The maximum atomic E-state index is 13.3. The van der Waals surface area contributed by atoms with E-state index in [0.717, 1.165) is 31.5 Å². The summed E-state index contributed by atoms with van der Waals surface area (Å²) in [5.74, 6) is 2.22. The van der Waals surface area contributed by atoms with Crippen LogP contribution in [-0.2, 0) is 0 Å². The van der Waals surface area contributed by atoms with Crippen LogP contribution in [0.2, 0.25) is 0 Å². The molecule has 34 heavy (non-hydrogen) atoms. The van der Waals surface area contributed by atoms with Gasteiger partial charge in [0.05, 0.1) is 19.9 Å². The van der Waals surface area contributed by atoms with Crippen LogP contribution in [0.1, 0.15) is 31.7 Å². The third kappa shape index (κ3) is 6.09. The Morgan fingerprint density at radius 3 is 2.50 bits per heavy atom. The van der Waals surface area contributed by atoms with E-state index in [0.29, 0.717) is 41.6 Å². The highest BCUT2D eigenvalue weighted by molar-refractivity contribution is 5.81. The number of anilines is 4. The Morgan fingerprint density at radius 2 is 1.76 bits per heavy atom. The lowest BCUT2D eigenvalue weighted by molar-refractivity contribution is 0.311. The van der Waals surface area contributed by atoms with Gasteiger partial charge in [0.1, 0.15) is 5.82 Å². The fourth-order valence-electron chi connectivity index (χ4n) is 3.57. The van der Waals surface area contributed by atoms with Crippen molar-refractivity contribution in [2.75, 3.05) is 42.4 Å². The number of methoxy groups -OCH3 is 1. The summed E-state index contributed by atoms with van der Waals surface area (Å²) in [7, 11) is 1.60. The van der Waals surface area contributed by atoms with Gasteiger partial charge in [0.15, 0.2) is 11.5 Å². The molecule has 2 N–H and O–H groups in total. The number of hydrogen-bond acceptors (Lipinski definition) is 9. The molecule has 1 saturated heterocycles. The molecule has 10 heteroatoms. The molecule has 1 aliphatic rings. The first kappa shape index (κ1) is 23.2. The van der Waals surface area contributed by atoms with Crippen molar-refractivity contribution in [2.24, 2.45) is 5.10 Å². The number of piperidine rings is 1. The van der Waals surface area contributed by atoms with E-state index in [1.165, 1.54) is 18.6 Å². The number of ether oxygens (including phenoxy) is 2. The third-order valence-corrected chi connectivity index (χ3v) is 5.23. The average Bonchev–Trinajstić information content (AvgIpc) is 2.87. The Balaban J connectivity index is 1.54. The molecule has 0 amide bonds. The van der Waals surface area contributed by atoms with E-state index in [1.54, 1.807) is 25.5 Å². The van der Waals surface area contributed by atoms with Gasteiger partial charge in [-0.25, -0.2) is 9.82 Å². The number of nitrogens with one attached hydrogen (secondary N) is 2. The Labute approximate surface area is 198 Å². The van der Waals surface area contributed by atoms with Crippen molar-refractivity contribution in [1.29, 1.82) is 0 Å². The van der Waals surface area contributed by atoms with E-state index in [9.17, 15) is 4.39 Å². The summed E-state index contributed by atoms with van der Waals surface area (Å²) in [4.78, 5) is 15.7. The summed E-state index contributed by atoms with van der Waals surface area (Å²) in [6.07, 6.45) is 5.03. The zero-order valence-electron chi connectivity index (χ0n) is 19.3. The predicted octanol–water partition coefficient (Wildman–Crippen LogP) is 4.60. The van der Waals surface area contributed by atoms with Crippen molar-refractivity contribution in [2.45, 2.75) is 26.2 Å². The van der Waals surface area contributed by atoms with E-state index in [1.807, 2.05) is 25.1 Å². The van der Waals surface area contributed by atoms with Gasteiger partial charge < -0.3 is 19.7 Å². The second-order valence-corrected chi connectivity index (χ2v) is 7.68. The van der Waals surface area contributed by atoms with Crippen LogP contribution >= 0.6 is 0 Å². The van der Waals surface area contributed by atoms with Crippen LogP contribution in [0.3, 0.4) is 0 Å². The molecule has 0 atom stereocenters. The lowest BCUT2D eigenvalue weighted by Crippen LogP contribution is -2.31. The van der Waals surface area contributed by atoms with Crippen LogP contribution in [0, 0.1) is 5.82 Å². The minimum atomic E-state index is -0.308. The molecule has 0 saturated carbocycles. The minimum Gasteiger partial charge on any atom is -0.493 e. The number of rotatable bonds is 9. The summed E-state index contributed by atoms with van der Waals surface area (Å²) in [5.41, 5.74) is 4.39. The second-order valence-electron chi connectivity index (χ2n) is 7.68. The molecule has 9 nitrogen and oxygen atoms in total. The first-order valence-electron chi connectivity index (χ1n) is 11.3. The van der Waals surface area contributed by atoms with Gasteiger partial charge in [0, 0.05) is 18.8 Å². The molecule has 0 radical (unpaired) electrons. The van der Waals surface area contributed by atoms with Crippen molar-refractivity contribution >= 4 is 29.7 Å². The number of nitrogens with zero attached hydrogens (tertiary/aromatic N) is 5. The molecule has 3 aromatic rings. The smallest absolute Gasteiger partial charge is 0.250 e. The summed E-state index contributed by atoms with van der Waals surface area (Å²) in [6.45, 7) is 4.24. The van der Waals surface area contributed by atoms with Crippen molar-refractivity contribution in [3.63, 3.8) is 0 Å². The van der Waals surface area contributed by atoms with Gasteiger partial charge in [-0.1, -0.05) is 0 Å². The molecule has 0 bridgehead atoms. The molecular formula is C24H28FN7O2. The van der Waals surface area contributed by atoms with Gasteiger partial charge in [-0.2, -0.15) is 20.1 Å². The molecule has 2 aromatic carbocycles. The highest BCUT2D eigenvalue weighted by Crippen LogP contribution is 2.27. The molecule has 1 aliphatic heterocycles. The lowest BCUT2D eigenvalue weighted by atomic mass is 10.1. The Bertz CT molecular complexity index is 1120. The predicted molar refractivity (Wildman–Crippen MR) is 131 cm³/mol. The van der Waals surface area contributed by atoms with Gasteiger partial charge in [0.25, 0.3) is 0 Å². The zero-order chi connectivity index (χ0) is 23.8. The number of hydrazone groups is 1. The quantitative estimate of drug-likeness (QED) is 0.350. The van der Waals surface area contributed by atoms with E-state index < -0.39 is 0 Å². The van der Waals surface area contributed by atoms with Gasteiger partial charge in [0.2, 0.25) is 17.8 Å². The second kappa shape index (κ2) is 11.3. The lowest BCUT2D eigenvalue weighted by Gasteiger charge is -2.26. The number of aromatic nitrogens is 3. The average molecular weight is 466 g/mol. The van der Waals surface area contributed by atoms with E-state index >= 15 is 0 Å². The van der Waals surface area contributed by atoms with Crippen molar-refractivity contribution in [1.82, 2.24) is 15.0 Å². The number of benzene rings is 2. The SMILES string of the molecule is CCOc1ccc(/C=N\Nc2nc(Nc3ccc(F)cc3)nc(N3CCCCC3)n2)cc1OC. The Hall–Kier alpha value is -3.95. The van der Waals surface area contributed by atoms with Crippen LogP contribution in [0.25, 0.3) is 0 Å². The number of halogens is 1. The van der Waals surface area contributed by atoms with E-state index in [2.05, 4.69) is 35.7 Å². The van der Waals surface area contributed by atoms with Gasteiger partial charge in [-0.3, -0.25) is 0 Å². The van der Waals surface area contributed by atoms with Gasteiger partial charge in [-0.15, -0.1) is 0 Å². The van der Waals surface area contributed by atoms with Crippen LogP contribution in [0.5, 0.6) is 11.5 Å².